The Labute approximate surface area is 93.7 Å². The molecule has 82 valence electrons. The van der Waals surface area contributed by atoms with Crippen LogP contribution in [0.15, 0.2) is 24.3 Å². The van der Waals surface area contributed by atoms with Crippen molar-refractivity contribution in [2.75, 3.05) is 6.61 Å². The Morgan fingerprint density at radius 3 is 3.06 bits per heavy atom. The summed E-state index contributed by atoms with van der Waals surface area (Å²) in [6, 6.07) is 8.11. The standard InChI is InChI=1S/C12H13N3O/c1-8-13-12(15-14-8)10-6-7-16-11-5-3-2-4-9(10)11/h2-5,10H,6-7H2,1H3,(H,13,14,15). The summed E-state index contributed by atoms with van der Waals surface area (Å²) in [6.45, 7) is 2.65. The molecule has 4 nitrogen and oxygen atoms in total. The number of nitrogens with one attached hydrogen (secondary N) is 1. The van der Waals surface area contributed by atoms with Crippen molar-refractivity contribution in [1.82, 2.24) is 15.2 Å². The predicted molar refractivity (Wildman–Crippen MR) is 59.5 cm³/mol. The SMILES string of the molecule is Cc1nc(C2CCOc3ccccc32)n[nH]1. The van der Waals surface area contributed by atoms with Crippen LogP contribution in [0.5, 0.6) is 5.75 Å². The fourth-order valence-corrected chi connectivity index (χ4v) is 2.13. The summed E-state index contributed by atoms with van der Waals surface area (Å²) < 4.78 is 5.62. The Balaban J connectivity index is 2.04. The molecule has 1 aliphatic heterocycles. The monoisotopic (exact) mass is 215 g/mol. The molecule has 0 amide bonds. The first-order valence-corrected chi connectivity index (χ1v) is 5.45. The van der Waals surface area contributed by atoms with Gasteiger partial charge in [0.05, 0.1) is 12.5 Å². The van der Waals surface area contributed by atoms with E-state index in [4.69, 9.17) is 4.74 Å². The lowest BCUT2D eigenvalue weighted by Gasteiger charge is -2.23. The summed E-state index contributed by atoms with van der Waals surface area (Å²) in [5.41, 5.74) is 1.19. The normalized spacial score (nSPS) is 18.9. The highest BCUT2D eigenvalue weighted by Crippen LogP contribution is 2.36. The zero-order valence-corrected chi connectivity index (χ0v) is 9.10. The Hall–Kier alpha value is -1.84. The molecule has 1 aliphatic rings. The molecule has 0 fully saturated rings. The van der Waals surface area contributed by atoms with Crippen LogP contribution in [0.2, 0.25) is 0 Å². The van der Waals surface area contributed by atoms with Gasteiger partial charge in [0, 0.05) is 5.56 Å². The fraction of sp³-hybridized carbons (Fsp3) is 0.333. The zero-order valence-electron chi connectivity index (χ0n) is 9.10. The van der Waals surface area contributed by atoms with Crippen LogP contribution in [-0.2, 0) is 0 Å². The number of aryl methyl sites for hydroxylation is 1. The highest BCUT2D eigenvalue weighted by atomic mass is 16.5. The maximum atomic E-state index is 5.62. The number of para-hydroxylation sites is 1. The van der Waals surface area contributed by atoms with Crippen molar-refractivity contribution in [3.8, 4) is 5.75 Å². The predicted octanol–water partition coefficient (Wildman–Crippen LogP) is 2.03. The lowest BCUT2D eigenvalue weighted by molar-refractivity contribution is 0.274. The molecule has 0 saturated heterocycles. The number of H-pyrrole nitrogens is 1. The molecule has 2 aromatic rings. The van der Waals surface area contributed by atoms with E-state index in [1.54, 1.807) is 0 Å². The van der Waals surface area contributed by atoms with Crippen molar-refractivity contribution in [3.63, 3.8) is 0 Å². The lowest BCUT2D eigenvalue weighted by Crippen LogP contribution is -2.16. The third kappa shape index (κ3) is 1.46. The Kier molecular flexibility index (Phi) is 2.13. The van der Waals surface area contributed by atoms with Gasteiger partial charge in [-0.15, -0.1) is 0 Å². The van der Waals surface area contributed by atoms with E-state index in [9.17, 15) is 0 Å². The molecule has 0 radical (unpaired) electrons. The summed E-state index contributed by atoms with van der Waals surface area (Å²) >= 11 is 0. The van der Waals surface area contributed by atoms with Gasteiger partial charge in [0.15, 0.2) is 5.82 Å². The molecule has 16 heavy (non-hydrogen) atoms. The molecular weight excluding hydrogens is 202 g/mol. The second-order valence-corrected chi connectivity index (χ2v) is 4.01. The van der Waals surface area contributed by atoms with E-state index in [1.807, 2.05) is 25.1 Å². The number of aromatic amines is 1. The molecule has 0 aliphatic carbocycles. The molecule has 1 unspecified atom stereocenters. The van der Waals surface area contributed by atoms with Gasteiger partial charge in [-0.1, -0.05) is 18.2 Å². The molecule has 4 heteroatoms. The van der Waals surface area contributed by atoms with Crippen LogP contribution in [-0.4, -0.2) is 21.8 Å². The van der Waals surface area contributed by atoms with Crippen LogP contribution < -0.4 is 4.74 Å². The van der Waals surface area contributed by atoms with E-state index < -0.39 is 0 Å². The van der Waals surface area contributed by atoms with Gasteiger partial charge >= 0.3 is 0 Å². The lowest BCUT2D eigenvalue weighted by atomic mass is 9.92. The third-order valence-corrected chi connectivity index (χ3v) is 2.88. The minimum Gasteiger partial charge on any atom is -0.493 e. The highest BCUT2D eigenvalue weighted by Gasteiger charge is 2.25. The molecule has 1 aromatic heterocycles. The average Bonchev–Trinajstić information content (AvgIpc) is 2.75. The Morgan fingerprint density at radius 2 is 2.25 bits per heavy atom. The van der Waals surface area contributed by atoms with Crippen LogP contribution >= 0.6 is 0 Å². The summed E-state index contributed by atoms with van der Waals surface area (Å²) in [4.78, 5) is 4.41. The van der Waals surface area contributed by atoms with Gasteiger partial charge in [0.1, 0.15) is 11.6 Å². The van der Waals surface area contributed by atoms with Crippen molar-refractivity contribution in [1.29, 1.82) is 0 Å². The van der Waals surface area contributed by atoms with Gasteiger partial charge in [-0.05, 0) is 19.4 Å². The largest absolute Gasteiger partial charge is 0.493 e. The smallest absolute Gasteiger partial charge is 0.158 e. The Bertz CT molecular complexity index is 506. The van der Waals surface area contributed by atoms with Crippen LogP contribution in [0.1, 0.15) is 29.6 Å². The second-order valence-electron chi connectivity index (χ2n) is 4.01. The molecule has 1 aromatic carbocycles. The second kappa shape index (κ2) is 3.63. The van der Waals surface area contributed by atoms with Crippen LogP contribution in [0.3, 0.4) is 0 Å². The van der Waals surface area contributed by atoms with Gasteiger partial charge in [-0.25, -0.2) is 4.98 Å². The summed E-state index contributed by atoms with van der Waals surface area (Å²) in [5.74, 6) is 2.95. The fourth-order valence-electron chi connectivity index (χ4n) is 2.13. The van der Waals surface area contributed by atoms with Crippen molar-refractivity contribution < 1.29 is 4.74 Å². The van der Waals surface area contributed by atoms with Crippen molar-refractivity contribution in [2.24, 2.45) is 0 Å². The minimum absolute atomic E-state index is 0.259. The number of aromatic nitrogens is 3. The zero-order chi connectivity index (χ0) is 11.0. The number of benzene rings is 1. The van der Waals surface area contributed by atoms with Crippen LogP contribution in [0.25, 0.3) is 0 Å². The van der Waals surface area contributed by atoms with E-state index in [2.05, 4.69) is 21.2 Å². The van der Waals surface area contributed by atoms with E-state index >= 15 is 0 Å². The number of hydrogen-bond donors (Lipinski definition) is 1. The van der Waals surface area contributed by atoms with Crippen molar-refractivity contribution in [3.05, 3.63) is 41.5 Å². The van der Waals surface area contributed by atoms with Crippen molar-refractivity contribution >= 4 is 0 Å². The molecule has 0 bridgehead atoms. The quantitative estimate of drug-likeness (QED) is 0.791. The maximum Gasteiger partial charge on any atom is 0.158 e. The first-order chi connectivity index (χ1) is 7.84. The number of hydrogen-bond acceptors (Lipinski definition) is 3. The number of fused-ring (bicyclic) bond motifs is 1. The number of nitrogens with zero attached hydrogens (tertiary/aromatic N) is 2. The molecule has 2 heterocycles. The van der Waals surface area contributed by atoms with Gasteiger partial charge in [-0.3, -0.25) is 5.10 Å². The van der Waals surface area contributed by atoms with E-state index in [0.29, 0.717) is 0 Å². The summed E-state index contributed by atoms with van der Waals surface area (Å²) in [6.07, 6.45) is 0.939. The summed E-state index contributed by atoms with van der Waals surface area (Å²) in [7, 11) is 0. The molecule has 1 atom stereocenters. The number of rotatable bonds is 1. The van der Waals surface area contributed by atoms with Gasteiger partial charge in [0.25, 0.3) is 0 Å². The van der Waals surface area contributed by atoms with Gasteiger partial charge in [0.2, 0.25) is 0 Å². The average molecular weight is 215 g/mol. The first kappa shape index (κ1) is 9.39. The van der Waals surface area contributed by atoms with Gasteiger partial charge in [-0.2, -0.15) is 5.10 Å². The van der Waals surface area contributed by atoms with E-state index in [0.717, 1.165) is 30.4 Å². The third-order valence-electron chi connectivity index (χ3n) is 2.88. The molecular formula is C12H13N3O. The van der Waals surface area contributed by atoms with Gasteiger partial charge < -0.3 is 4.74 Å². The highest BCUT2D eigenvalue weighted by molar-refractivity contribution is 5.40. The van der Waals surface area contributed by atoms with Crippen LogP contribution in [0, 0.1) is 6.92 Å². The maximum absolute atomic E-state index is 5.62. The summed E-state index contributed by atoms with van der Waals surface area (Å²) in [5, 5.41) is 7.14. The molecule has 0 spiro atoms. The number of ether oxygens (including phenoxy) is 1. The first-order valence-electron chi connectivity index (χ1n) is 5.45. The Morgan fingerprint density at radius 1 is 1.38 bits per heavy atom. The molecule has 3 rings (SSSR count). The topological polar surface area (TPSA) is 50.8 Å². The molecule has 1 N–H and O–H groups in total. The minimum atomic E-state index is 0.259. The molecule has 0 saturated carbocycles. The van der Waals surface area contributed by atoms with Crippen molar-refractivity contribution in [2.45, 2.75) is 19.3 Å². The van der Waals surface area contributed by atoms with E-state index in [1.165, 1.54) is 5.56 Å². The van der Waals surface area contributed by atoms with Crippen LogP contribution in [0.4, 0.5) is 0 Å². The van der Waals surface area contributed by atoms with E-state index in [-0.39, 0.29) is 5.92 Å².